The first kappa shape index (κ1) is 17.7. The molecule has 1 amide bonds. The summed E-state index contributed by atoms with van der Waals surface area (Å²) in [6.07, 6.45) is 1.16. The maximum Gasteiger partial charge on any atom is 0.227 e. The molecule has 134 valence electrons. The second kappa shape index (κ2) is 8.33. The van der Waals surface area contributed by atoms with E-state index < -0.39 is 0 Å². The molecule has 1 N–H and O–H groups in total. The molecule has 7 heteroatoms. The number of nitrogens with one attached hydrogen (secondary N) is 1. The van der Waals surface area contributed by atoms with E-state index in [2.05, 4.69) is 15.5 Å². The molecule has 1 heterocycles. The smallest absolute Gasteiger partial charge is 0.227 e. The summed E-state index contributed by atoms with van der Waals surface area (Å²) in [5.74, 6) is -0.0458. The van der Waals surface area contributed by atoms with E-state index in [1.54, 1.807) is 24.3 Å². The van der Waals surface area contributed by atoms with Crippen molar-refractivity contribution in [2.45, 2.75) is 19.3 Å². The Morgan fingerprint density at radius 3 is 2.31 bits per heavy atom. The first-order valence-electron chi connectivity index (χ1n) is 8.20. The van der Waals surface area contributed by atoms with Crippen molar-refractivity contribution in [3.8, 4) is 11.4 Å². The van der Waals surface area contributed by atoms with Gasteiger partial charge < -0.3 is 9.84 Å². The first-order chi connectivity index (χ1) is 12.6. The molecule has 0 aliphatic heterocycles. The van der Waals surface area contributed by atoms with E-state index in [1.165, 1.54) is 24.3 Å². The molecule has 0 saturated carbocycles. The molecule has 3 aromatic rings. The Labute approximate surface area is 149 Å². The Bertz CT molecular complexity index is 861. The zero-order valence-electron chi connectivity index (χ0n) is 13.9. The summed E-state index contributed by atoms with van der Waals surface area (Å²) in [5, 5.41) is 6.63. The lowest BCUT2D eigenvalue weighted by Gasteiger charge is -2.04. The summed E-state index contributed by atoms with van der Waals surface area (Å²) >= 11 is 0. The van der Waals surface area contributed by atoms with Gasteiger partial charge in [0.2, 0.25) is 17.6 Å². The average molecular weight is 357 g/mol. The van der Waals surface area contributed by atoms with Crippen LogP contribution in [0.1, 0.15) is 17.9 Å². The Kier molecular flexibility index (Phi) is 5.68. The number of benzene rings is 2. The number of nitrogens with zero attached hydrogens (tertiary/aromatic N) is 2. The number of aromatic nitrogens is 2. The van der Waals surface area contributed by atoms with E-state index in [4.69, 9.17) is 4.52 Å². The number of rotatable bonds is 7. The molecule has 0 fully saturated rings. The molecule has 0 atom stereocenters. The van der Waals surface area contributed by atoms with Crippen LogP contribution in [0.25, 0.3) is 11.4 Å². The van der Waals surface area contributed by atoms with Crippen molar-refractivity contribution in [1.82, 2.24) is 15.5 Å². The van der Waals surface area contributed by atoms with Crippen LogP contribution < -0.4 is 5.32 Å². The molecule has 3 rings (SSSR count). The van der Waals surface area contributed by atoms with Gasteiger partial charge in [0.05, 0.1) is 0 Å². The van der Waals surface area contributed by atoms with E-state index in [1.807, 2.05) is 0 Å². The number of amides is 1. The SMILES string of the molecule is O=C(CCc1nc(-c2ccc(F)cc2)no1)NCCc1ccc(F)cc1. The number of hydrogen-bond donors (Lipinski definition) is 1. The fourth-order valence-electron chi connectivity index (χ4n) is 2.38. The minimum Gasteiger partial charge on any atom is -0.356 e. The van der Waals surface area contributed by atoms with Gasteiger partial charge in [-0.25, -0.2) is 8.78 Å². The van der Waals surface area contributed by atoms with Crippen molar-refractivity contribution in [2.24, 2.45) is 0 Å². The van der Waals surface area contributed by atoms with E-state index in [9.17, 15) is 13.6 Å². The molecule has 5 nitrogen and oxygen atoms in total. The van der Waals surface area contributed by atoms with E-state index >= 15 is 0 Å². The normalized spacial score (nSPS) is 10.7. The van der Waals surface area contributed by atoms with E-state index in [0.29, 0.717) is 36.7 Å². The van der Waals surface area contributed by atoms with Crippen LogP contribution >= 0.6 is 0 Å². The predicted octanol–water partition coefficient (Wildman–Crippen LogP) is 3.31. The van der Waals surface area contributed by atoms with Gasteiger partial charge in [-0.2, -0.15) is 4.98 Å². The van der Waals surface area contributed by atoms with Crippen LogP contribution in [0.4, 0.5) is 8.78 Å². The fourth-order valence-corrected chi connectivity index (χ4v) is 2.38. The van der Waals surface area contributed by atoms with Crippen molar-refractivity contribution in [2.75, 3.05) is 6.54 Å². The number of carbonyl (C=O) groups is 1. The second-order valence-corrected chi connectivity index (χ2v) is 5.75. The molecule has 0 saturated heterocycles. The Morgan fingerprint density at radius 1 is 0.962 bits per heavy atom. The third-order valence-corrected chi connectivity index (χ3v) is 3.79. The van der Waals surface area contributed by atoms with Crippen molar-refractivity contribution in [1.29, 1.82) is 0 Å². The van der Waals surface area contributed by atoms with Crippen LogP contribution in [-0.2, 0) is 17.6 Å². The fraction of sp³-hybridized carbons (Fsp3) is 0.211. The Balaban J connectivity index is 1.43. The Hall–Kier alpha value is -3.09. The van der Waals surface area contributed by atoms with Gasteiger partial charge in [0.25, 0.3) is 0 Å². The summed E-state index contributed by atoms with van der Waals surface area (Å²) in [6, 6.07) is 11.9. The number of aryl methyl sites for hydroxylation is 1. The van der Waals surface area contributed by atoms with Crippen LogP contribution in [0.3, 0.4) is 0 Å². The molecule has 0 unspecified atom stereocenters. The standard InChI is InChI=1S/C19H17F2N3O2/c20-15-5-1-13(2-6-15)11-12-22-17(25)9-10-18-23-19(24-26-18)14-3-7-16(21)8-4-14/h1-8H,9-12H2,(H,22,25). The topological polar surface area (TPSA) is 68.0 Å². The van der Waals surface area contributed by atoms with Crippen LogP contribution in [0, 0.1) is 11.6 Å². The second-order valence-electron chi connectivity index (χ2n) is 5.75. The van der Waals surface area contributed by atoms with Gasteiger partial charge >= 0.3 is 0 Å². The molecule has 0 aliphatic carbocycles. The number of hydrogen-bond acceptors (Lipinski definition) is 4. The highest BCUT2D eigenvalue weighted by molar-refractivity contribution is 5.76. The summed E-state index contributed by atoms with van der Waals surface area (Å²) in [5.41, 5.74) is 1.60. The molecule has 0 aliphatic rings. The molecule has 2 aromatic carbocycles. The lowest BCUT2D eigenvalue weighted by Crippen LogP contribution is -2.25. The molecular formula is C19H17F2N3O2. The molecule has 0 spiro atoms. The highest BCUT2D eigenvalue weighted by atomic mass is 19.1. The van der Waals surface area contributed by atoms with Crippen molar-refractivity contribution >= 4 is 5.91 Å². The van der Waals surface area contributed by atoms with Crippen molar-refractivity contribution in [3.63, 3.8) is 0 Å². The molecule has 26 heavy (non-hydrogen) atoms. The zero-order chi connectivity index (χ0) is 18.4. The Morgan fingerprint density at radius 2 is 1.62 bits per heavy atom. The summed E-state index contributed by atoms with van der Waals surface area (Å²) in [7, 11) is 0. The van der Waals surface area contributed by atoms with Crippen molar-refractivity contribution < 1.29 is 18.1 Å². The summed E-state index contributed by atoms with van der Waals surface area (Å²) < 4.78 is 30.9. The van der Waals surface area contributed by atoms with E-state index in [0.717, 1.165) is 5.56 Å². The maximum atomic E-state index is 12.9. The predicted molar refractivity (Wildman–Crippen MR) is 91.1 cm³/mol. The minimum absolute atomic E-state index is 0.131. The minimum atomic E-state index is -0.338. The van der Waals surface area contributed by atoms with Crippen molar-refractivity contribution in [3.05, 3.63) is 71.6 Å². The quantitative estimate of drug-likeness (QED) is 0.704. The highest BCUT2D eigenvalue weighted by Gasteiger charge is 2.10. The first-order valence-corrected chi connectivity index (χ1v) is 8.20. The largest absolute Gasteiger partial charge is 0.356 e. The highest BCUT2D eigenvalue weighted by Crippen LogP contribution is 2.16. The third kappa shape index (κ3) is 4.95. The average Bonchev–Trinajstić information content (AvgIpc) is 3.11. The summed E-state index contributed by atoms with van der Waals surface area (Å²) in [6.45, 7) is 0.467. The van der Waals surface area contributed by atoms with Gasteiger partial charge in [-0.15, -0.1) is 0 Å². The molecular weight excluding hydrogens is 340 g/mol. The molecule has 0 radical (unpaired) electrons. The number of carbonyl (C=O) groups excluding carboxylic acids is 1. The van der Waals surface area contributed by atoms with Crippen LogP contribution in [0.5, 0.6) is 0 Å². The zero-order valence-corrected chi connectivity index (χ0v) is 13.9. The number of halogens is 2. The third-order valence-electron chi connectivity index (χ3n) is 3.79. The van der Waals surface area contributed by atoms with Crippen LogP contribution in [0.15, 0.2) is 53.1 Å². The van der Waals surface area contributed by atoms with Gasteiger partial charge in [0.15, 0.2) is 0 Å². The maximum absolute atomic E-state index is 12.9. The summed E-state index contributed by atoms with van der Waals surface area (Å²) in [4.78, 5) is 16.1. The van der Waals surface area contributed by atoms with Gasteiger partial charge in [-0.05, 0) is 48.4 Å². The van der Waals surface area contributed by atoms with Gasteiger partial charge in [-0.3, -0.25) is 4.79 Å². The van der Waals surface area contributed by atoms with Gasteiger partial charge in [0, 0.05) is 24.9 Å². The lowest BCUT2D eigenvalue weighted by atomic mass is 10.1. The van der Waals surface area contributed by atoms with Crippen LogP contribution in [-0.4, -0.2) is 22.6 Å². The molecule has 1 aromatic heterocycles. The van der Waals surface area contributed by atoms with E-state index in [-0.39, 0.29) is 24.0 Å². The monoisotopic (exact) mass is 357 g/mol. The van der Waals surface area contributed by atoms with Gasteiger partial charge in [-0.1, -0.05) is 17.3 Å². The van der Waals surface area contributed by atoms with Gasteiger partial charge in [0.1, 0.15) is 11.6 Å². The lowest BCUT2D eigenvalue weighted by molar-refractivity contribution is -0.121. The van der Waals surface area contributed by atoms with Crippen LogP contribution in [0.2, 0.25) is 0 Å². The molecule has 0 bridgehead atoms.